The minimum Gasteiger partial charge on any atom is -0.463 e. The normalized spacial score (nSPS) is 48.8. The van der Waals surface area contributed by atoms with Crippen LogP contribution in [0.4, 0.5) is 0 Å². The lowest BCUT2D eigenvalue weighted by Crippen LogP contribution is -2.69. The van der Waals surface area contributed by atoms with E-state index in [1.165, 1.54) is 6.92 Å². The molecule has 1 aliphatic heterocycles. The number of carbonyl (C=O) groups is 2. The van der Waals surface area contributed by atoms with Crippen LogP contribution in [-0.2, 0) is 23.8 Å². The second-order valence-electron chi connectivity index (χ2n) is 16.2. The quantitative estimate of drug-likeness (QED) is 0.358. The van der Waals surface area contributed by atoms with Gasteiger partial charge in [0.25, 0.3) is 0 Å². The number of hydrogen-bond donors (Lipinski definition) is 1. The maximum absolute atomic E-state index is 14.3. The van der Waals surface area contributed by atoms with Gasteiger partial charge in [0.15, 0.2) is 11.6 Å². The van der Waals surface area contributed by atoms with Crippen molar-refractivity contribution in [3.63, 3.8) is 0 Å². The van der Waals surface area contributed by atoms with Crippen LogP contribution in [0.25, 0.3) is 0 Å². The van der Waals surface area contributed by atoms with Crippen LogP contribution in [0.5, 0.6) is 0 Å². The van der Waals surface area contributed by atoms with Gasteiger partial charge in [-0.3, -0.25) is 9.59 Å². The van der Waals surface area contributed by atoms with Gasteiger partial charge in [-0.15, -0.1) is 0 Å². The molecule has 0 aromatic heterocycles. The highest BCUT2D eigenvalue weighted by Crippen LogP contribution is 2.80. The van der Waals surface area contributed by atoms with Crippen LogP contribution in [-0.4, -0.2) is 47.6 Å². The van der Waals surface area contributed by atoms with E-state index in [2.05, 4.69) is 48.5 Å². The van der Waals surface area contributed by atoms with Crippen molar-refractivity contribution in [3.05, 3.63) is 0 Å². The molecule has 0 amide bonds. The third-order valence-electron chi connectivity index (χ3n) is 14.4. The van der Waals surface area contributed by atoms with Gasteiger partial charge < -0.3 is 19.3 Å². The molecule has 4 saturated carbocycles. The first kappa shape index (κ1) is 30.5. The first-order valence-electron chi connectivity index (χ1n) is 16.2. The molecule has 5 fully saturated rings. The molecule has 5 aliphatic rings. The molecule has 40 heavy (non-hydrogen) atoms. The van der Waals surface area contributed by atoms with Gasteiger partial charge in [-0.25, -0.2) is 0 Å². The Hall–Kier alpha value is -0.980. The first-order chi connectivity index (χ1) is 18.4. The van der Waals surface area contributed by atoms with Crippen molar-refractivity contribution in [1.29, 1.82) is 0 Å². The summed E-state index contributed by atoms with van der Waals surface area (Å²) >= 11 is 0. The van der Waals surface area contributed by atoms with Crippen LogP contribution < -0.4 is 0 Å². The Morgan fingerprint density at radius 1 is 0.950 bits per heavy atom. The van der Waals surface area contributed by atoms with Crippen molar-refractivity contribution in [2.45, 2.75) is 144 Å². The molecule has 1 N–H and O–H groups in total. The number of ether oxygens (including phenoxy) is 3. The SMILES string of the molecule is CC(=O)O[C@H]1CC[C@@]2(C)[C@@](C)(CCC3[C@]2(C)CC[C@@]2(C)[C@@]3(C)CC(=O)[C@]2(O)[C@H](C)C2(CCC(C)C)OCCO2)C1. The maximum Gasteiger partial charge on any atom is 0.302 e. The fourth-order valence-corrected chi connectivity index (χ4v) is 11.4. The van der Waals surface area contributed by atoms with Crippen molar-refractivity contribution in [3.8, 4) is 0 Å². The number of Topliss-reactive ketones (excluding diaryl/α,β-unsaturated/α-hetero) is 1. The molecular weight excluding hydrogens is 504 g/mol. The Bertz CT molecular complexity index is 1030. The van der Waals surface area contributed by atoms with Gasteiger partial charge in [-0.05, 0) is 84.9 Å². The van der Waals surface area contributed by atoms with E-state index in [-0.39, 0.29) is 39.5 Å². The van der Waals surface area contributed by atoms with E-state index in [0.29, 0.717) is 37.9 Å². The van der Waals surface area contributed by atoms with Crippen LogP contribution in [0.15, 0.2) is 0 Å². The highest BCUT2D eigenvalue weighted by Gasteiger charge is 2.79. The van der Waals surface area contributed by atoms with Gasteiger partial charge in [0.2, 0.25) is 0 Å². The van der Waals surface area contributed by atoms with Gasteiger partial charge in [-0.2, -0.15) is 0 Å². The first-order valence-corrected chi connectivity index (χ1v) is 16.2. The molecule has 0 aromatic rings. The average Bonchev–Trinajstić information content (AvgIpc) is 3.40. The Morgan fingerprint density at radius 3 is 2.20 bits per heavy atom. The van der Waals surface area contributed by atoms with E-state index in [1.54, 1.807) is 0 Å². The molecular formula is C34H56O6. The third-order valence-corrected chi connectivity index (χ3v) is 14.4. The van der Waals surface area contributed by atoms with Gasteiger partial charge in [0.05, 0.1) is 13.2 Å². The van der Waals surface area contributed by atoms with Crippen molar-refractivity contribution >= 4 is 11.8 Å². The van der Waals surface area contributed by atoms with Crippen LogP contribution in [0.3, 0.4) is 0 Å². The highest BCUT2D eigenvalue weighted by molar-refractivity contribution is 5.92. The van der Waals surface area contributed by atoms with Crippen LogP contribution in [0.2, 0.25) is 0 Å². The van der Waals surface area contributed by atoms with Crippen molar-refractivity contribution in [2.75, 3.05) is 13.2 Å². The largest absolute Gasteiger partial charge is 0.463 e. The highest BCUT2D eigenvalue weighted by atomic mass is 16.7. The van der Waals surface area contributed by atoms with E-state index in [0.717, 1.165) is 51.4 Å². The van der Waals surface area contributed by atoms with Crippen LogP contribution >= 0.6 is 0 Å². The zero-order chi connectivity index (χ0) is 29.6. The molecule has 6 heteroatoms. The zero-order valence-electron chi connectivity index (χ0n) is 26.8. The molecule has 0 spiro atoms. The molecule has 6 nitrogen and oxygen atoms in total. The van der Waals surface area contributed by atoms with E-state index < -0.39 is 22.7 Å². The lowest BCUT2D eigenvalue weighted by molar-refractivity contribution is -0.288. The smallest absolute Gasteiger partial charge is 0.302 e. The Kier molecular flexibility index (Phi) is 7.25. The van der Waals surface area contributed by atoms with Crippen molar-refractivity contribution in [2.24, 2.45) is 44.8 Å². The number of hydrogen-bond acceptors (Lipinski definition) is 6. The Morgan fingerprint density at radius 2 is 1.60 bits per heavy atom. The summed E-state index contributed by atoms with van der Waals surface area (Å²) < 4.78 is 18.4. The fraction of sp³-hybridized carbons (Fsp3) is 0.941. The second kappa shape index (κ2) is 9.51. The topological polar surface area (TPSA) is 82.1 Å². The van der Waals surface area contributed by atoms with E-state index in [4.69, 9.17) is 14.2 Å². The van der Waals surface area contributed by atoms with Gasteiger partial charge >= 0.3 is 5.97 Å². The predicted molar refractivity (Wildman–Crippen MR) is 154 cm³/mol. The van der Waals surface area contributed by atoms with Crippen LogP contribution in [0, 0.1) is 44.8 Å². The molecule has 4 aliphatic carbocycles. The van der Waals surface area contributed by atoms with Crippen LogP contribution in [0.1, 0.15) is 127 Å². The van der Waals surface area contributed by atoms with Gasteiger partial charge in [0.1, 0.15) is 11.7 Å². The lowest BCUT2D eigenvalue weighted by atomic mass is 9.32. The van der Waals surface area contributed by atoms with Crippen molar-refractivity contribution < 1.29 is 28.9 Å². The summed E-state index contributed by atoms with van der Waals surface area (Å²) in [6.07, 6.45) is 8.73. The fourth-order valence-electron chi connectivity index (χ4n) is 11.4. The third kappa shape index (κ3) is 3.76. The number of ketones is 1. The maximum atomic E-state index is 14.3. The standard InChI is InChI=1S/C34H56O6/c1-22(2)10-15-33(38-18-19-39-33)23(3)34(37)27(36)21-30(7)26-12-13-28(5)20-25(40-24(4)35)11-14-31(28,8)29(26,6)16-17-32(30,34)9/h22-23,25-26,37H,10-21H2,1-9H3/t23-,25+,26?,28+,29+,30+,31+,32+,34-/m1/s1. The average molecular weight is 561 g/mol. The number of rotatable bonds is 6. The summed E-state index contributed by atoms with van der Waals surface area (Å²) in [5.41, 5.74) is -2.23. The number of esters is 1. The lowest BCUT2D eigenvalue weighted by Gasteiger charge is -2.73. The second-order valence-corrected chi connectivity index (χ2v) is 16.2. The molecule has 1 unspecified atom stereocenters. The van der Waals surface area contributed by atoms with E-state index in [1.807, 2.05) is 6.92 Å². The molecule has 0 aromatic carbocycles. The minimum absolute atomic E-state index is 0.00684. The van der Waals surface area contributed by atoms with E-state index >= 15 is 0 Å². The molecule has 228 valence electrons. The number of aliphatic hydroxyl groups is 1. The molecule has 1 heterocycles. The summed E-state index contributed by atoms with van der Waals surface area (Å²) in [6, 6.07) is 0. The monoisotopic (exact) mass is 560 g/mol. The summed E-state index contributed by atoms with van der Waals surface area (Å²) in [5.74, 6) is -0.768. The summed E-state index contributed by atoms with van der Waals surface area (Å²) in [6.45, 7) is 20.9. The molecule has 9 atom stereocenters. The number of carbonyl (C=O) groups excluding carboxylic acids is 2. The summed E-state index contributed by atoms with van der Waals surface area (Å²) in [7, 11) is 0. The van der Waals surface area contributed by atoms with Gasteiger partial charge in [-0.1, -0.05) is 55.4 Å². The molecule has 0 bridgehead atoms. The molecule has 0 radical (unpaired) electrons. The summed E-state index contributed by atoms with van der Waals surface area (Å²) in [5, 5.41) is 12.8. The molecule has 1 saturated heterocycles. The van der Waals surface area contributed by atoms with Crippen molar-refractivity contribution in [1.82, 2.24) is 0 Å². The van der Waals surface area contributed by atoms with E-state index in [9.17, 15) is 14.7 Å². The van der Waals surface area contributed by atoms with Gasteiger partial charge in [0, 0.05) is 31.1 Å². The molecule has 5 rings (SSSR count). The zero-order valence-corrected chi connectivity index (χ0v) is 26.8. The predicted octanol–water partition coefficient (Wildman–Crippen LogP) is 6.86. The summed E-state index contributed by atoms with van der Waals surface area (Å²) in [4.78, 5) is 26.1. The Balaban J connectivity index is 1.51. The Labute approximate surface area is 242 Å². The minimum atomic E-state index is -1.50. The number of fused-ring (bicyclic) bond motifs is 5.